The molecule has 0 saturated carbocycles. The summed E-state index contributed by atoms with van der Waals surface area (Å²) in [5.41, 5.74) is -0.503. The van der Waals surface area contributed by atoms with Crippen molar-refractivity contribution in [1.29, 1.82) is 0 Å². The molecular weight excluding hydrogens is 341 g/mol. The van der Waals surface area contributed by atoms with Crippen LogP contribution < -0.4 is 5.32 Å². The largest absolute Gasteiger partial charge is 0.416 e. The number of anilines is 1. The highest BCUT2D eigenvalue weighted by atomic mass is 79.9. The van der Waals surface area contributed by atoms with Crippen LogP contribution in [-0.4, -0.2) is 11.1 Å². The maximum atomic E-state index is 12.6. The Hall–Kier alpha value is -1.83. The van der Waals surface area contributed by atoms with Crippen LogP contribution >= 0.6 is 15.9 Å². The van der Waals surface area contributed by atoms with E-state index in [1.54, 1.807) is 6.92 Å². The molecule has 20 heavy (non-hydrogen) atoms. The van der Waals surface area contributed by atoms with E-state index in [0.29, 0.717) is 5.69 Å². The van der Waals surface area contributed by atoms with E-state index in [-0.39, 0.29) is 15.9 Å². The molecule has 0 saturated heterocycles. The Kier molecular flexibility index (Phi) is 3.85. The molecule has 106 valence electrons. The quantitative estimate of drug-likeness (QED) is 0.891. The number of alkyl halides is 3. The lowest BCUT2D eigenvalue weighted by Gasteiger charge is -2.10. The molecule has 0 spiro atoms. The van der Waals surface area contributed by atoms with Crippen molar-refractivity contribution in [2.24, 2.45) is 0 Å². The van der Waals surface area contributed by atoms with Gasteiger partial charge in [0.05, 0.1) is 16.8 Å². The van der Waals surface area contributed by atoms with Crippen molar-refractivity contribution in [2.45, 2.75) is 13.1 Å². The van der Waals surface area contributed by atoms with Crippen molar-refractivity contribution in [3.63, 3.8) is 0 Å². The minimum Gasteiger partial charge on any atom is -0.338 e. The summed E-state index contributed by atoms with van der Waals surface area (Å²) in [4.78, 5) is 11.9. The first-order valence-corrected chi connectivity index (χ1v) is 6.18. The van der Waals surface area contributed by atoms with Gasteiger partial charge in [0.1, 0.15) is 0 Å². The number of halogens is 4. The van der Waals surface area contributed by atoms with Gasteiger partial charge in [-0.1, -0.05) is 5.16 Å². The van der Waals surface area contributed by atoms with Crippen LogP contribution in [0.2, 0.25) is 0 Å². The van der Waals surface area contributed by atoms with Crippen molar-refractivity contribution >= 4 is 27.7 Å². The number of benzene rings is 1. The monoisotopic (exact) mass is 348 g/mol. The molecule has 0 atom stereocenters. The topological polar surface area (TPSA) is 55.1 Å². The van der Waals surface area contributed by atoms with Gasteiger partial charge in [-0.05, 0) is 41.1 Å². The van der Waals surface area contributed by atoms with Gasteiger partial charge in [-0.2, -0.15) is 13.2 Å². The fourth-order valence-electron chi connectivity index (χ4n) is 1.48. The molecule has 1 aromatic heterocycles. The van der Waals surface area contributed by atoms with Gasteiger partial charge in [-0.15, -0.1) is 0 Å². The van der Waals surface area contributed by atoms with Crippen molar-refractivity contribution in [1.82, 2.24) is 5.16 Å². The van der Waals surface area contributed by atoms with E-state index in [1.807, 2.05) is 0 Å². The fraction of sp³-hybridized carbons (Fsp3) is 0.167. The van der Waals surface area contributed by atoms with Crippen LogP contribution in [0.1, 0.15) is 21.6 Å². The highest BCUT2D eigenvalue weighted by Gasteiger charge is 2.31. The molecule has 4 nitrogen and oxygen atoms in total. The average molecular weight is 349 g/mol. The zero-order valence-electron chi connectivity index (χ0n) is 10.1. The van der Waals surface area contributed by atoms with Gasteiger partial charge in [0.2, 0.25) is 5.88 Å². The van der Waals surface area contributed by atoms with E-state index in [4.69, 9.17) is 4.52 Å². The second kappa shape index (κ2) is 5.28. The summed E-state index contributed by atoms with van der Waals surface area (Å²) in [6.45, 7) is 1.65. The smallest absolute Gasteiger partial charge is 0.338 e. The van der Waals surface area contributed by atoms with Crippen LogP contribution in [0.5, 0.6) is 0 Å². The molecule has 0 aliphatic rings. The molecule has 1 N–H and O–H groups in total. The molecule has 0 fully saturated rings. The number of hydrogen-bond donors (Lipinski definition) is 1. The lowest BCUT2D eigenvalue weighted by Crippen LogP contribution is -2.14. The highest BCUT2D eigenvalue weighted by Crippen LogP contribution is 2.32. The maximum Gasteiger partial charge on any atom is 0.416 e. The highest BCUT2D eigenvalue weighted by molar-refractivity contribution is 9.10. The van der Waals surface area contributed by atoms with E-state index in [9.17, 15) is 18.0 Å². The Balaban J connectivity index is 2.29. The predicted octanol–water partition coefficient (Wildman–Crippen LogP) is 4.02. The number of nitrogens with one attached hydrogen (secondary N) is 1. The molecule has 0 unspecified atom stereocenters. The Morgan fingerprint density at radius 1 is 1.35 bits per heavy atom. The summed E-state index contributed by atoms with van der Waals surface area (Å²) in [7, 11) is 0. The van der Waals surface area contributed by atoms with E-state index < -0.39 is 17.6 Å². The molecule has 0 bridgehead atoms. The molecule has 2 rings (SSSR count). The maximum absolute atomic E-state index is 12.6. The number of carbonyl (C=O) groups excluding carboxylic acids is 1. The standard InChI is InChI=1S/C12H8BrF3N2O2/c1-6-4-10(20-18-6)17-11(19)8-5-7(12(14,15)16)2-3-9(8)13/h2-5H,1H3,(H,17,19). The fourth-order valence-corrected chi connectivity index (χ4v) is 1.90. The SMILES string of the molecule is Cc1cc(NC(=O)c2cc(C(F)(F)F)ccc2Br)on1. The summed E-state index contributed by atoms with van der Waals surface area (Å²) in [5, 5.41) is 5.89. The molecular formula is C12H8BrF3N2O2. The van der Waals surface area contributed by atoms with Crippen LogP contribution in [0.4, 0.5) is 19.1 Å². The zero-order chi connectivity index (χ0) is 14.9. The van der Waals surface area contributed by atoms with E-state index >= 15 is 0 Å². The second-order valence-electron chi connectivity index (χ2n) is 3.98. The van der Waals surface area contributed by atoms with Crippen LogP contribution in [0.3, 0.4) is 0 Å². The molecule has 2 aromatic rings. The van der Waals surface area contributed by atoms with Gasteiger partial charge in [0.15, 0.2) is 0 Å². The first-order chi connectivity index (χ1) is 9.27. The first-order valence-electron chi connectivity index (χ1n) is 5.39. The Bertz CT molecular complexity index is 652. The van der Waals surface area contributed by atoms with Crippen LogP contribution in [0.15, 0.2) is 33.3 Å². The minimum absolute atomic E-state index is 0.0665. The third-order valence-corrected chi connectivity index (χ3v) is 3.09. The summed E-state index contributed by atoms with van der Waals surface area (Å²) >= 11 is 3.04. The number of hydrogen-bond acceptors (Lipinski definition) is 3. The third kappa shape index (κ3) is 3.19. The van der Waals surface area contributed by atoms with Gasteiger partial charge in [-0.3, -0.25) is 10.1 Å². The molecule has 1 amide bonds. The van der Waals surface area contributed by atoms with Crippen molar-refractivity contribution in [2.75, 3.05) is 5.32 Å². The second-order valence-corrected chi connectivity index (χ2v) is 4.83. The number of carbonyl (C=O) groups is 1. The molecule has 8 heteroatoms. The Morgan fingerprint density at radius 2 is 2.05 bits per heavy atom. The molecule has 1 aromatic carbocycles. The van der Waals surface area contributed by atoms with Crippen molar-refractivity contribution < 1.29 is 22.5 Å². The van der Waals surface area contributed by atoms with Gasteiger partial charge < -0.3 is 4.52 Å². The molecule has 0 radical (unpaired) electrons. The van der Waals surface area contributed by atoms with Gasteiger partial charge >= 0.3 is 6.18 Å². The van der Waals surface area contributed by atoms with E-state index in [1.165, 1.54) is 12.1 Å². The predicted molar refractivity (Wildman–Crippen MR) is 68.3 cm³/mol. The zero-order valence-corrected chi connectivity index (χ0v) is 11.7. The van der Waals surface area contributed by atoms with Gasteiger partial charge in [-0.25, -0.2) is 0 Å². The van der Waals surface area contributed by atoms with Gasteiger partial charge in [0.25, 0.3) is 5.91 Å². The normalized spacial score (nSPS) is 11.4. The average Bonchev–Trinajstić information content (AvgIpc) is 2.73. The minimum atomic E-state index is -4.52. The summed E-state index contributed by atoms with van der Waals surface area (Å²) in [5.74, 6) is -0.657. The number of rotatable bonds is 2. The van der Waals surface area contributed by atoms with Crippen molar-refractivity contribution in [3.05, 3.63) is 45.6 Å². The van der Waals surface area contributed by atoms with Crippen LogP contribution in [0.25, 0.3) is 0 Å². The summed E-state index contributed by atoms with van der Waals surface area (Å²) < 4.78 is 42.9. The first kappa shape index (κ1) is 14.6. The van der Waals surface area contributed by atoms with Crippen LogP contribution in [0, 0.1) is 6.92 Å². The Morgan fingerprint density at radius 3 is 2.60 bits per heavy atom. The van der Waals surface area contributed by atoms with Crippen LogP contribution in [-0.2, 0) is 6.18 Å². The number of amides is 1. The Labute approximate surface area is 120 Å². The summed E-state index contributed by atoms with van der Waals surface area (Å²) in [6, 6.07) is 4.28. The van der Waals surface area contributed by atoms with Gasteiger partial charge in [0, 0.05) is 10.5 Å². The third-order valence-electron chi connectivity index (χ3n) is 2.40. The number of aryl methyl sites for hydroxylation is 1. The lowest BCUT2D eigenvalue weighted by atomic mass is 10.1. The number of aromatic nitrogens is 1. The molecule has 0 aliphatic heterocycles. The molecule has 0 aliphatic carbocycles. The number of nitrogens with zero attached hydrogens (tertiary/aromatic N) is 1. The van der Waals surface area contributed by atoms with E-state index in [2.05, 4.69) is 26.4 Å². The summed E-state index contributed by atoms with van der Waals surface area (Å²) in [6.07, 6.45) is -4.52. The molecule has 1 heterocycles. The van der Waals surface area contributed by atoms with Crippen molar-refractivity contribution in [3.8, 4) is 0 Å². The van der Waals surface area contributed by atoms with E-state index in [0.717, 1.165) is 12.1 Å². The lowest BCUT2D eigenvalue weighted by molar-refractivity contribution is -0.137.